The maximum absolute atomic E-state index is 10.4. The average Bonchev–Trinajstić information content (AvgIpc) is 2.43. The number of hydrogen-bond donors (Lipinski definition) is 1. The molecule has 1 N–H and O–H groups in total. The van der Waals surface area contributed by atoms with Gasteiger partial charge in [-0.15, -0.1) is 0 Å². The molecule has 19 heavy (non-hydrogen) atoms. The second-order valence-corrected chi connectivity index (χ2v) is 5.00. The molecule has 2 unspecified atom stereocenters. The summed E-state index contributed by atoms with van der Waals surface area (Å²) in [6.07, 6.45) is 0.737. The zero-order chi connectivity index (χ0) is 14.4. The Balaban J connectivity index is 3.15. The van der Waals surface area contributed by atoms with Gasteiger partial charge in [0.15, 0.2) is 0 Å². The van der Waals surface area contributed by atoms with Crippen LogP contribution >= 0.6 is 15.9 Å². The van der Waals surface area contributed by atoms with Crippen molar-refractivity contribution in [2.45, 2.75) is 32.0 Å². The molecule has 1 rings (SSSR count). The summed E-state index contributed by atoms with van der Waals surface area (Å²) in [5.41, 5.74) is 0.690. The van der Waals surface area contributed by atoms with Gasteiger partial charge in [-0.3, -0.25) is 0 Å². The SMILES string of the molecule is CCCC(OC)C(O)c1ccc(OC)c(Br)c1OC. The number of hydrogen-bond acceptors (Lipinski definition) is 4. The summed E-state index contributed by atoms with van der Waals surface area (Å²) in [5.74, 6) is 1.24. The van der Waals surface area contributed by atoms with E-state index in [-0.39, 0.29) is 6.10 Å². The maximum atomic E-state index is 10.4. The lowest BCUT2D eigenvalue weighted by atomic mass is 10.00. The minimum atomic E-state index is -0.734. The Kier molecular flexibility index (Phi) is 6.62. The summed E-state index contributed by atoms with van der Waals surface area (Å²) in [6, 6.07) is 3.60. The summed E-state index contributed by atoms with van der Waals surface area (Å²) in [4.78, 5) is 0. The first-order chi connectivity index (χ1) is 9.10. The van der Waals surface area contributed by atoms with Crippen LogP contribution in [-0.2, 0) is 4.74 Å². The molecule has 0 fully saturated rings. The van der Waals surface area contributed by atoms with E-state index in [2.05, 4.69) is 22.9 Å². The number of halogens is 1. The molecule has 5 heteroatoms. The predicted molar refractivity (Wildman–Crippen MR) is 77.9 cm³/mol. The molecule has 0 aliphatic rings. The molecule has 1 aromatic rings. The highest BCUT2D eigenvalue weighted by Crippen LogP contribution is 2.41. The fraction of sp³-hybridized carbons (Fsp3) is 0.571. The lowest BCUT2D eigenvalue weighted by Gasteiger charge is -2.24. The Morgan fingerprint density at radius 1 is 1.21 bits per heavy atom. The molecule has 2 atom stereocenters. The number of ether oxygens (including phenoxy) is 3. The Labute approximate surface area is 122 Å². The van der Waals surface area contributed by atoms with Gasteiger partial charge in [0, 0.05) is 12.7 Å². The van der Waals surface area contributed by atoms with Crippen molar-refractivity contribution >= 4 is 15.9 Å². The number of aliphatic hydroxyl groups is 1. The third-order valence-corrected chi connectivity index (χ3v) is 3.81. The van der Waals surface area contributed by atoms with Crippen LogP contribution < -0.4 is 9.47 Å². The van der Waals surface area contributed by atoms with Crippen LogP contribution in [0.25, 0.3) is 0 Å². The number of aliphatic hydroxyl groups excluding tert-OH is 1. The van der Waals surface area contributed by atoms with Crippen LogP contribution in [0.15, 0.2) is 16.6 Å². The van der Waals surface area contributed by atoms with E-state index in [4.69, 9.17) is 14.2 Å². The monoisotopic (exact) mass is 332 g/mol. The van der Waals surface area contributed by atoms with Gasteiger partial charge in [-0.2, -0.15) is 0 Å². The van der Waals surface area contributed by atoms with Crippen LogP contribution in [0.5, 0.6) is 11.5 Å². The predicted octanol–water partition coefficient (Wildman–Crippen LogP) is 3.31. The van der Waals surface area contributed by atoms with Crippen molar-refractivity contribution in [3.8, 4) is 11.5 Å². The number of rotatable bonds is 7. The second kappa shape index (κ2) is 7.72. The van der Waals surface area contributed by atoms with Crippen molar-refractivity contribution in [1.29, 1.82) is 0 Å². The number of methoxy groups -OCH3 is 3. The maximum Gasteiger partial charge on any atom is 0.142 e. The van der Waals surface area contributed by atoms with E-state index in [0.717, 1.165) is 12.8 Å². The van der Waals surface area contributed by atoms with Gasteiger partial charge >= 0.3 is 0 Å². The molecule has 0 spiro atoms. The molecule has 0 radical (unpaired) electrons. The Morgan fingerprint density at radius 3 is 2.37 bits per heavy atom. The lowest BCUT2D eigenvalue weighted by Crippen LogP contribution is -2.21. The minimum Gasteiger partial charge on any atom is -0.495 e. The molecule has 0 bridgehead atoms. The van der Waals surface area contributed by atoms with Crippen LogP contribution in [0, 0.1) is 0 Å². The molecule has 0 saturated heterocycles. The van der Waals surface area contributed by atoms with Crippen LogP contribution in [0.1, 0.15) is 31.4 Å². The topological polar surface area (TPSA) is 47.9 Å². The molecule has 0 aromatic heterocycles. The Bertz CT molecular complexity index is 409. The normalized spacial score (nSPS) is 14.0. The van der Waals surface area contributed by atoms with Crippen molar-refractivity contribution in [3.63, 3.8) is 0 Å². The van der Waals surface area contributed by atoms with Crippen molar-refractivity contribution in [2.75, 3.05) is 21.3 Å². The Hall–Kier alpha value is -0.780. The first-order valence-corrected chi connectivity index (χ1v) is 7.01. The van der Waals surface area contributed by atoms with Gasteiger partial charge in [0.2, 0.25) is 0 Å². The molecule has 0 amide bonds. The molecule has 0 saturated carbocycles. The van der Waals surface area contributed by atoms with Gasteiger partial charge in [-0.1, -0.05) is 13.3 Å². The summed E-state index contributed by atoms with van der Waals surface area (Å²) in [5, 5.41) is 10.4. The van der Waals surface area contributed by atoms with E-state index in [1.54, 1.807) is 33.5 Å². The summed E-state index contributed by atoms with van der Waals surface area (Å²) < 4.78 is 16.6. The van der Waals surface area contributed by atoms with Gasteiger partial charge in [-0.25, -0.2) is 0 Å². The average molecular weight is 333 g/mol. The van der Waals surface area contributed by atoms with E-state index >= 15 is 0 Å². The molecule has 108 valence electrons. The van der Waals surface area contributed by atoms with Crippen molar-refractivity contribution in [3.05, 3.63) is 22.2 Å². The summed E-state index contributed by atoms with van der Waals surface area (Å²) in [6.45, 7) is 2.06. The van der Waals surface area contributed by atoms with Gasteiger partial charge in [0.1, 0.15) is 22.1 Å². The van der Waals surface area contributed by atoms with Gasteiger partial charge in [0.05, 0.1) is 20.3 Å². The van der Waals surface area contributed by atoms with Gasteiger partial charge in [-0.05, 0) is 34.5 Å². The fourth-order valence-electron chi connectivity index (χ4n) is 2.04. The number of benzene rings is 1. The quantitative estimate of drug-likeness (QED) is 0.832. The lowest BCUT2D eigenvalue weighted by molar-refractivity contribution is -0.0189. The van der Waals surface area contributed by atoms with E-state index in [1.807, 2.05) is 0 Å². The molecule has 0 aliphatic carbocycles. The molecule has 0 heterocycles. The standard InChI is InChI=1S/C14H21BrO4/c1-5-6-11(18-3)13(16)9-7-8-10(17-2)12(15)14(9)19-4/h7-8,11,13,16H,5-6H2,1-4H3. The highest BCUT2D eigenvalue weighted by Gasteiger charge is 2.25. The zero-order valence-electron chi connectivity index (χ0n) is 11.8. The molecule has 1 aromatic carbocycles. The van der Waals surface area contributed by atoms with Crippen LogP contribution in [0.3, 0.4) is 0 Å². The highest BCUT2D eigenvalue weighted by atomic mass is 79.9. The smallest absolute Gasteiger partial charge is 0.142 e. The van der Waals surface area contributed by atoms with E-state index in [0.29, 0.717) is 21.5 Å². The van der Waals surface area contributed by atoms with Crippen LogP contribution in [0.2, 0.25) is 0 Å². The second-order valence-electron chi connectivity index (χ2n) is 4.21. The first kappa shape index (κ1) is 16.3. The molecule has 4 nitrogen and oxygen atoms in total. The minimum absolute atomic E-state index is 0.251. The molecular formula is C14H21BrO4. The van der Waals surface area contributed by atoms with Crippen LogP contribution in [0.4, 0.5) is 0 Å². The Morgan fingerprint density at radius 2 is 1.89 bits per heavy atom. The van der Waals surface area contributed by atoms with E-state index in [1.165, 1.54) is 0 Å². The van der Waals surface area contributed by atoms with Crippen LogP contribution in [-0.4, -0.2) is 32.5 Å². The van der Waals surface area contributed by atoms with E-state index in [9.17, 15) is 5.11 Å². The third kappa shape index (κ3) is 3.61. The first-order valence-electron chi connectivity index (χ1n) is 6.21. The molecule has 0 aliphatic heterocycles. The van der Waals surface area contributed by atoms with E-state index < -0.39 is 6.10 Å². The van der Waals surface area contributed by atoms with Crippen molar-refractivity contribution < 1.29 is 19.3 Å². The summed E-state index contributed by atoms with van der Waals surface area (Å²) >= 11 is 3.43. The van der Waals surface area contributed by atoms with Gasteiger partial charge in [0.25, 0.3) is 0 Å². The third-order valence-electron chi connectivity index (χ3n) is 3.06. The van der Waals surface area contributed by atoms with Crippen molar-refractivity contribution in [1.82, 2.24) is 0 Å². The largest absolute Gasteiger partial charge is 0.495 e. The zero-order valence-corrected chi connectivity index (χ0v) is 13.4. The van der Waals surface area contributed by atoms with Gasteiger partial charge < -0.3 is 19.3 Å². The summed E-state index contributed by atoms with van der Waals surface area (Å²) in [7, 11) is 4.76. The fourth-order valence-corrected chi connectivity index (χ4v) is 2.73. The van der Waals surface area contributed by atoms with Crippen molar-refractivity contribution in [2.24, 2.45) is 0 Å². The molecular weight excluding hydrogens is 312 g/mol. The highest BCUT2D eigenvalue weighted by molar-refractivity contribution is 9.10.